The number of carbonyl (C=O) groups is 1. The minimum atomic E-state index is -0.153. The molecule has 0 aliphatic rings. The Bertz CT molecular complexity index is 730. The number of nitrogens with one attached hydrogen (secondary N) is 2. The van der Waals surface area contributed by atoms with Crippen molar-refractivity contribution in [2.45, 2.75) is 33.7 Å². The number of H-pyrrole nitrogens is 1. The minimum Gasteiger partial charge on any atom is -0.467 e. The predicted molar refractivity (Wildman–Crippen MR) is 86.7 cm³/mol. The maximum atomic E-state index is 12.1. The number of pyridine rings is 1. The lowest BCUT2D eigenvalue weighted by Crippen LogP contribution is -2.22. The largest absolute Gasteiger partial charge is 0.467 e. The first kappa shape index (κ1) is 15.8. The molecule has 116 valence electrons. The Balaban J connectivity index is 0.000000847. The monoisotopic (exact) mass is 299 g/mol. The number of rotatable bonds is 4. The van der Waals surface area contributed by atoms with Crippen molar-refractivity contribution >= 4 is 16.8 Å². The number of hydrogen-bond donors (Lipinski definition) is 2. The highest BCUT2D eigenvalue weighted by molar-refractivity contribution is 5.98. The number of carbonyl (C=O) groups excluding carboxylic acids is 1. The Kier molecular flexibility index (Phi) is 5.36. The molecule has 0 saturated carbocycles. The Morgan fingerprint density at radius 3 is 2.86 bits per heavy atom. The summed E-state index contributed by atoms with van der Waals surface area (Å²) in [6.45, 7) is 6.42. The van der Waals surface area contributed by atoms with Gasteiger partial charge in [0.2, 0.25) is 0 Å². The van der Waals surface area contributed by atoms with Crippen molar-refractivity contribution in [1.82, 2.24) is 15.3 Å². The number of aromatic nitrogens is 2. The van der Waals surface area contributed by atoms with E-state index in [0.717, 1.165) is 28.8 Å². The number of hydrogen-bond acceptors (Lipinski definition) is 3. The van der Waals surface area contributed by atoms with E-state index in [1.165, 1.54) is 0 Å². The molecule has 0 bridgehead atoms. The van der Waals surface area contributed by atoms with Crippen molar-refractivity contribution in [3.63, 3.8) is 0 Å². The van der Waals surface area contributed by atoms with Gasteiger partial charge >= 0.3 is 0 Å². The normalized spacial score (nSPS) is 10.1. The van der Waals surface area contributed by atoms with Crippen LogP contribution in [0.15, 0.2) is 41.1 Å². The van der Waals surface area contributed by atoms with Gasteiger partial charge in [0.05, 0.1) is 24.0 Å². The molecule has 0 aliphatic heterocycles. The summed E-state index contributed by atoms with van der Waals surface area (Å²) in [7, 11) is 0. The first-order valence-electron chi connectivity index (χ1n) is 7.55. The molecule has 3 aromatic heterocycles. The van der Waals surface area contributed by atoms with Gasteiger partial charge in [-0.15, -0.1) is 0 Å². The van der Waals surface area contributed by atoms with Crippen LogP contribution in [0.2, 0.25) is 0 Å². The zero-order chi connectivity index (χ0) is 15.9. The van der Waals surface area contributed by atoms with Gasteiger partial charge in [0.15, 0.2) is 0 Å². The van der Waals surface area contributed by atoms with Gasteiger partial charge in [-0.05, 0) is 30.7 Å². The highest BCUT2D eigenvalue weighted by Gasteiger charge is 2.11. The lowest BCUT2D eigenvalue weighted by atomic mass is 10.2. The molecule has 0 unspecified atom stereocenters. The molecular weight excluding hydrogens is 278 g/mol. The van der Waals surface area contributed by atoms with Crippen LogP contribution in [-0.4, -0.2) is 15.9 Å². The number of nitrogens with zero attached hydrogens (tertiary/aromatic N) is 1. The summed E-state index contributed by atoms with van der Waals surface area (Å²) < 4.78 is 5.18. The summed E-state index contributed by atoms with van der Waals surface area (Å²) in [5.74, 6) is 0.574. The zero-order valence-corrected chi connectivity index (χ0v) is 13.1. The molecule has 0 radical (unpaired) electrons. The third-order valence-corrected chi connectivity index (χ3v) is 3.20. The van der Waals surface area contributed by atoms with E-state index in [4.69, 9.17) is 4.42 Å². The van der Waals surface area contributed by atoms with E-state index in [9.17, 15) is 4.79 Å². The number of amides is 1. The van der Waals surface area contributed by atoms with E-state index < -0.39 is 0 Å². The highest BCUT2D eigenvalue weighted by atomic mass is 16.3. The molecule has 0 aromatic carbocycles. The van der Waals surface area contributed by atoms with E-state index in [1.54, 1.807) is 18.5 Å². The molecule has 0 atom stereocenters. The third kappa shape index (κ3) is 3.36. The van der Waals surface area contributed by atoms with Crippen LogP contribution in [0.4, 0.5) is 0 Å². The quantitative estimate of drug-likeness (QED) is 0.772. The van der Waals surface area contributed by atoms with Gasteiger partial charge in [-0.25, -0.2) is 0 Å². The summed E-state index contributed by atoms with van der Waals surface area (Å²) in [5.41, 5.74) is 2.43. The molecule has 3 aromatic rings. The second-order valence-electron chi connectivity index (χ2n) is 4.52. The summed E-state index contributed by atoms with van der Waals surface area (Å²) >= 11 is 0. The van der Waals surface area contributed by atoms with Crippen LogP contribution in [0.3, 0.4) is 0 Å². The second-order valence-corrected chi connectivity index (χ2v) is 4.52. The molecule has 1 amide bonds. The predicted octanol–water partition coefficient (Wildman–Crippen LogP) is 3.67. The second kappa shape index (κ2) is 7.45. The van der Waals surface area contributed by atoms with Crippen LogP contribution >= 0.6 is 0 Å². The van der Waals surface area contributed by atoms with Crippen molar-refractivity contribution in [1.29, 1.82) is 0 Å². The van der Waals surface area contributed by atoms with E-state index in [-0.39, 0.29) is 5.91 Å². The molecule has 3 heterocycles. The Morgan fingerprint density at radius 2 is 2.18 bits per heavy atom. The van der Waals surface area contributed by atoms with Gasteiger partial charge in [0.1, 0.15) is 11.5 Å². The number of fused-ring (bicyclic) bond motifs is 1. The van der Waals surface area contributed by atoms with Gasteiger partial charge in [0.25, 0.3) is 5.91 Å². The number of aryl methyl sites for hydroxylation is 1. The molecule has 0 aliphatic carbocycles. The first-order chi connectivity index (χ1) is 10.8. The van der Waals surface area contributed by atoms with Gasteiger partial charge in [-0.3, -0.25) is 9.78 Å². The van der Waals surface area contributed by atoms with Crippen LogP contribution in [-0.2, 0) is 13.0 Å². The fraction of sp³-hybridized carbons (Fsp3) is 0.294. The van der Waals surface area contributed by atoms with Gasteiger partial charge in [-0.2, -0.15) is 0 Å². The van der Waals surface area contributed by atoms with Crippen molar-refractivity contribution in [3.8, 4) is 0 Å². The molecule has 22 heavy (non-hydrogen) atoms. The number of furan rings is 1. The zero-order valence-electron chi connectivity index (χ0n) is 13.1. The van der Waals surface area contributed by atoms with E-state index in [2.05, 4.69) is 15.3 Å². The fourth-order valence-electron chi connectivity index (χ4n) is 2.18. The molecule has 5 nitrogen and oxygen atoms in total. The molecule has 0 spiro atoms. The topological polar surface area (TPSA) is 70.9 Å². The molecule has 2 N–H and O–H groups in total. The van der Waals surface area contributed by atoms with E-state index in [0.29, 0.717) is 12.2 Å². The van der Waals surface area contributed by atoms with Crippen molar-refractivity contribution < 1.29 is 9.21 Å². The summed E-state index contributed by atoms with van der Waals surface area (Å²) in [4.78, 5) is 19.6. The van der Waals surface area contributed by atoms with Gasteiger partial charge in [-0.1, -0.05) is 20.8 Å². The molecule has 3 rings (SSSR count). The maximum Gasteiger partial charge on any atom is 0.268 e. The molecular formula is C17H21N3O2. The van der Waals surface area contributed by atoms with Crippen molar-refractivity contribution in [2.24, 2.45) is 0 Å². The van der Waals surface area contributed by atoms with Crippen molar-refractivity contribution in [3.05, 3.63) is 53.9 Å². The lowest BCUT2D eigenvalue weighted by molar-refractivity contribution is 0.0944. The van der Waals surface area contributed by atoms with E-state index in [1.807, 2.05) is 39.0 Å². The standard InChI is InChI=1S/C15H15N3O2.C2H6/c1-2-12-14-10(5-6-16-12)8-13(18-14)15(19)17-9-11-4-3-7-20-11;1-2/h3-8,18H,2,9H2,1H3,(H,17,19);1-2H3. The number of aromatic amines is 1. The molecule has 0 fully saturated rings. The SMILES string of the molecule is CC.CCc1nccc2cc(C(=O)NCc3ccco3)[nH]c12. The van der Waals surface area contributed by atoms with Gasteiger partial charge < -0.3 is 14.7 Å². The highest BCUT2D eigenvalue weighted by Crippen LogP contribution is 2.18. The fourth-order valence-corrected chi connectivity index (χ4v) is 2.18. The average Bonchev–Trinajstić information content (AvgIpc) is 3.23. The minimum absolute atomic E-state index is 0.153. The van der Waals surface area contributed by atoms with Crippen LogP contribution < -0.4 is 5.32 Å². The Labute approximate surface area is 129 Å². The molecule has 0 saturated heterocycles. The third-order valence-electron chi connectivity index (χ3n) is 3.20. The summed E-state index contributed by atoms with van der Waals surface area (Å²) in [6, 6.07) is 7.36. The molecule has 5 heteroatoms. The average molecular weight is 299 g/mol. The summed E-state index contributed by atoms with van der Waals surface area (Å²) in [6.07, 6.45) is 4.18. The lowest BCUT2D eigenvalue weighted by Gasteiger charge is -2.00. The maximum absolute atomic E-state index is 12.1. The summed E-state index contributed by atoms with van der Waals surface area (Å²) in [5, 5.41) is 3.82. The van der Waals surface area contributed by atoms with Crippen LogP contribution in [0, 0.1) is 0 Å². The van der Waals surface area contributed by atoms with E-state index >= 15 is 0 Å². The van der Waals surface area contributed by atoms with Gasteiger partial charge in [0, 0.05) is 11.6 Å². The smallest absolute Gasteiger partial charge is 0.268 e. The Morgan fingerprint density at radius 1 is 1.36 bits per heavy atom. The first-order valence-corrected chi connectivity index (χ1v) is 7.55. The Hall–Kier alpha value is -2.56. The van der Waals surface area contributed by atoms with Crippen LogP contribution in [0.5, 0.6) is 0 Å². The van der Waals surface area contributed by atoms with Crippen LogP contribution in [0.25, 0.3) is 10.9 Å². The van der Waals surface area contributed by atoms with Crippen LogP contribution in [0.1, 0.15) is 42.7 Å². The van der Waals surface area contributed by atoms with Crippen molar-refractivity contribution in [2.75, 3.05) is 0 Å².